The summed E-state index contributed by atoms with van der Waals surface area (Å²) in [4.78, 5) is 0. The molecule has 0 heterocycles. The minimum absolute atomic E-state index is 0. The van der Waals surface area contributed by atoms with Gasteiger partial charge in [-0.3, -0.25) is 4.55 Å². The Bertz CT molecular complexity index is 227. The standard InChI is InChI=1S/C6H13NO3S.Ca.Na.3H/c8-11(9,10)7-6-4-2-1-3-5-6;;;;;/h6-7H,1-5H2,(H,8,9,10);;;;;/q;+2;+1;3*-1. The molecule has 0 radical (unpaired) electrons. The average Bonchev–Trinajstić information content (AvgIpc) is 1.85. The van der Waals surface area contributed by atoms with Crippen molar-refractivity contribution in [3.05, 3.63) is 0 Å². The molecule has 72 valence electrons. The van der Waals surface area contributed by atoms with E-state index in [4.69, 9.17) is 4.55 Å². The normalized spacial score (nSPS) is 18.5. The van der Waals surface area contributed by atoms with E-state index in [0.29, 0.717) is 0 Å². The van der Waals surface area contributed by atoms with Crippen LogP contribution in [-0.4, -0.2) is 56.8 Å². The van der Waals surface area contributed by atoms with E-state index in [1.807, 2.05) is 0 Å². The molecule has 1 fully saturated rings. The van der Waals surface area contributed by atoms with Crippen molar-refractivity contribution in [3.63, 3.8) is 0 Å². The average molecular weight is 245 g/mol. The van der Waals surface area contributed by atoms with E-state index in [9.17, 15) is 8.42 Å². The number of hydrogen-bond donors (Lipinski definition) is 2. The molecular formula is C6H16CaNNaO3S. The van der Waals surface area contributed by atoms with Crippen LogP contribution in [0.5, 0.6) is 0 Å². The summed E-state index contributed by atoms with van der Waals surface area (Å²) in [6.45, 7) is 0. The van der Waals surface area contributed by atoms with Crippen LogP contribution in [0.4, 0.5) is 0 Å². The van der Waals surface area contributed by atoms with Gasteiger partial charge in [0.1, 0.15) is 0 Å². The van der Waals surface area contributed by atoms with Crippen molar-refractivity contribution in [2.45, 2.75) is 38.1 Å². The first-order chi connectivity index (χ1) is 5.08. The van der Waals surface area contributed by atoms with Crippen LogP contribution in [-0.2, 0) is 10.3 Å². The molecule has 7 heteroatoms. The summed E-state index contributed by atoms with van der Waals surface area (Å²) < 4.78 is 31.3. The fourth-order valence-electron chi connectivity index (χ4n) is 1.43. The molecule has 0 aromatic heterocycles. The summed E-state index contributed by atoms with van der Waals surface area (Å²) in [6, 6.07) is -0.0428. The molecule has 0 spiro atoms. The minimum atomic E-state index is -3.97. The molecule has 0 bridgehead atoms. The van der Waals surface area contributed by atoms with Gasteiger partial charge in [-0.2, -0.15) is 13.1 Å². The smallest absolute Gasteiger partial charge is 1.00 e. The maximum Gasteiger partial charge on any atom is 2.00 e. The first-order valence-corrected chi connectivity index (χ1v) is 5.27. The molecule has 1 aliphatic carbocycles. The third kappa shape index (κ3) is 9.08. The monoisotopic (exact) mass is 245 g/mol. The molecule has 1 aliphatic rings. The molecule has 0 aromatic rings. The van der Waals surface area contributed by atoms with Crippen molar-refractivity contribution in [3.8, 4) is 0 Å². The third-order valence-corrected chi connectivity index (χ3v) is 2.55. The second-order valence-corrected chi connectivity index (χ2v) is 4.11. The van der Waals surface area contributed by atoms with Gasteiger partial charge in [0, 0.05) is 6.04 Å². The summed E-state index contributed by atoms with van der Waals surface area (Å²) in [5.74, 6) is 0. The van der Waals surface area contributed by atoms with E-state index in [0.717, 1.165) is 25.7 Å². The van der Waals surface area contributed by atoms with Crippen molar-refractivity contribution in [2.24, 2.45) is 0 Å². The number of hydrogen-bond acceptors (Lipinski definition) is 2. The largest absolute Gasteiger partial charge is 2.00 e. The maximum absolute atomic E-state index is 10.3. The first-order valence-electron chi connectivity index (χ1n) is 3.83. The Labute approximate surface area is 136 Å². The van der Waals surface area contributed by atoms with Gasteiger partial charge in [0.15, 0.2) is 0 Å². The first kappa shape index (κ1) is 17.5. The predicted octanol–water partition coefficient (Wildman–Crippen LogP) is -2.33. The summed E-state index contributed by atoms with van der Waals surface area (Å²) in [7, 11) is -3.97. The Morgan fingerprint density at radius 3 is 2.08 bits per heavy atom. The van der Waals surface area contributed by atoms with Crippen LogP contribution < -0.4 is 34.3 Å². The molecular weight excluding hydrogens is 229 g/mol. The summed E-state index contributed by atoms with van der Waals surface area (Å²) in [5.41, 5.74) is 0. The van der Waals surface area contributed by atoms with E-state index < -0.39 is 10.3 Å². The maximum atomic E-state index is 10.3. The van der Waals surface area contributed by atoms with Crippen LogP contribution in [0.25, 0.3) is 0 Å². The molecule has 0 unspecified atom stereocenters. The number of nitrogens with one attached hydrogen (secondary N) is 1. The topological polar surface area (TPSA) is 66.4 Å². The van der Waals surface area contributed by atoms with E-state index in [-0.39, 0.29) is 77.6 Å². The van der Waals surface area contributed by atoms with Crippen molar-refractivity contribution in [1.29, 1.82) is 0 Å². The molecule has 1 saturated carbocycles. The van der Waals surface area contributed by atoms with Gasteiger partial charge in [0.25, 0.3) is 0 Å². The molecule has 1 rings (SSSR count). The van der Waals surface area contributed by atoms with Gasteiger partial charge in [-0.1, -0.05) is 19.3 Å². The van der Waals surface area contributed by atoms with Crippen molar-refractivity contribution >= 4 is 48.0 Å². The van der Waals surface area contributed by atoms with E-state index in [2.05, 4.69) is 4.72 Å². The van der Waals surface area contributed by atoms with Gasteiger partial charge in [0.05, 0.1) is 0 Å². The van der Waals surface area contributed by atoms with Crippen LogP contribution in [0.15, 0.2) is 0 Å². The third-order valence-electron chi connectivity index (χ3n) is 1.92. The second-order valence-electron chi connectivity index (χ2n) is 2.93. The van der Waals surface area contributed by atoms with E-state index in [1.54, 1.807) is 0 Å². The van der Waals surface area contributed by atoms with Crippen LogP contribution in [0.2, 0.25) is 0 Å². The molecule has 0 aromatic carbocycles. The van der Waals surface area contributed by atoms with Crippen molar-refractivity contribution in [2.75, 3.05) is 0 Å². The molecule has 13 heavy (non-hydrogen) atoms. The fraction of sp³-hybridized carbons (Fsp3) is 1.00. The van der Waals surface area contributed by atoms with Crippen LogP contribution in [0.3, 0.4) is 0 Å². The molecule has 0 saturated heterocycles. The van der Waals surface area contributed by atoms with Gasteiger partial charge < -0.3 is 4.28 Å². The van der Waals surface area contributed by atoms with E-state index >= 15 is 0 Å². The predicted molar refractivity (Wildman–Crippen MR) is 50.6 cm³/mol. The zero-order valence-electron chi connectivity index (χ0n) is 11.0. The molecule has 0 atom stereocenters. The Hall–Kier alpha value is 2.13. The summed E-state index contributed by atoms with van der Waals surface area (Å²) in [6.07, 6.45) is 4.96. The van der Waals surface area contributed by atoms with Gasteiger partial charge in [-0.15, -0.1) is 0 Å². The van der Waals surface area contributed by atoms with E-state index in [1.165, 1.54) is 6.42 Å². The zero-order valence-corrected chi connectivity index (χ0v) is 13.0. The van der Waals surface area contributed by atoms with Gasteiger partial charge in [0.2, 0.25) is 0 Å². The fourth-order valence-corrected chi connectivity index (χ4v) is 2.09. The molecule has 2 N–H and O–H groups in total. The van der Waals surface area contributed by atoms with Crippen molar-refractivity contribution in [1.82, 2.24) is 4.72 Å². The Morgan fingerprint density at radius 2 is 1.69 bits per heavy atom. The molecule has 4 nitrogen and oxygen atoms in total. The van der Waals surface area contributed by atoms with Crippen LogP contribution >= 0.6 is 0 Å². The Kier molecular flexibility index (Phi) is 11.2. The van der Waals surface area contributed by atoms with Crippen LogP contribution in [0.1, 0.15) is 36.4 Å². The quantitative estimate of drug-likeness (QED) is 0.424. The molecule has 0 aliphatic heterocycles. The van der Waals surface area contributed by atoms with Crippen molar-refractivity contribution < 1.29 is 46.8 Å². The van der Waals surface area contributed by atoms with Gasteiger partial charge in [-0.05, 0) is 12.8 Å². The Morgan fingerprint density at radius 1 is 1.23 bits per heavy atom. The SMILES string of the molecule is O=S(=O)(O)NC1CCCCC1.[Ca+2].[H-].[H-].[H-].[Na+]. The van der Waals surface area contributed by atoms with Gasteiger partial charge in [-0.25, -0.2) is 0 Å². The van der Waals surface area contributed by atoms with Gasteiger partial charge >= 0.3 is 77.6 Å². The summed E-state index contributed by atoms with van der Waals surface area (Å²) in [5, 5.41) is 0. The number of rotatable bonds is 2. The van der Waals surface area contributed by atoms with Crippen LogP contribution in [0, 0.1) is 0 Å². The zero-order chi connectivity index (χ0) is 8.32. The second kappa shape index (κ2) is 8.30. The Balaban J connectivity index is -0.0000000807. The molecule has 0 amide bonds. The minimum Gasteiger partial charge on any atom is -1.00 e. The summed E-state index contributed by atoms with van der Waals surface area (Å²) >= 11 is 0.